The van der Waals surface area contributed by atoms with Gasteiger partial charge in [0, 0.05) is 36.6 Å². The summed E-state index contributed by atoms with van der Waals surface area (Å²) in [6, 6.07) is 19.7. The lowest BCUT2D eigenvalue weighted by atomic mass is 9.91. The maximum absolute atomic E-state index is 13.6. The van der Waals surface area contributed by atoms with Gasteiger partial charge >= 0.3 is 18.2 Å². The van der Waals surface area contributed by atoms with E-state index >= 15 is 0 Å². The van der Waals surface area contributed by atoms with Gasteiger partial charge in [-0.3, -0.25) is 29.9 Å². The smallest absolute Gasteiger partial charge is 0.508 e. The van der Waals surface area contributed by atoms with E-state index in [2.05, 4.69) is 5.32 Å². The van der Waals surface area contributed by atoms with Gasteiger partial charge in [0.25, 0.3) is 11.4 Å². The van der Waals surface area contributed by atoms with Crippen molar-refractivity contribution >= 4 is 58.4 Å². The summed E-state index contributed by atoms with van der Waals surface area (Å²) in [5.41, 5.74) is 1.38. The average molecular weight is 769 g/mol. The fraction of sp³-hybridized carbons (Fsp3) is 0.294. The fourth-order valence-electron chi connectivity index (χ4n) is 5.32. The largest absolute Gasteiger partial charge is 0.614 e. The first-order chi connectivity index (χ1) is 25.4. The minimum absolute atomic E-state index is 0.0686. The van der Waals surface area contributed by atoms with E-state index in [4.69, 9.17) is 18.9 Å². The van der Waals surface area contributed by atoms with Crippen LogP contribution in [0.3, 0.4) is 0 Å². The molecule has 2 heterocycles. The molecule has 0 aliphatic carbocycles. The summed E-state index contributed by atoms with van der Waals surface area (Å²) in [4.78, 5) is 73.8. The molecule has 0 aromatic heterocycles. The van der Waals surface area contributed by atoms with E-state index < -0.39 is 62.5 Å². The zero-order chi connectivity index (χ0) is 38.1. The molecule has 53 heavy (non-hydrogen) atoms. The molecule has 0 spiro atoms. The highest BCUT2D eigenvalue weighted by atomic mass is 32.2. The van der Waals surface area contributed by atoms with Crippen molar-refractivity contribution in [3.63, 3.8) is 0 Å². The minimum Gasteiger partial charge on any atom is -0.614 e. The lowest BCUT2D eigenvalue weighted by Crippen LogP contribution is -2.69. The number of β-lactam (4-membered cyclic amide) rings is 1. The van der Waals surface area contributed by atoms with E-state index in [1.807, 2.05) is 0 Å². The number of non-ortho nitro benzene ring substituents is 2. The number of esters is 1. The molecule has 2 aliphatic heterocycles. The zero-order valence-corrected chi connectivity index (χ0v) is 29.6. The number of nitro groups is 2. The van der Waals surface area contributed by atoms with Crippen LogP contribution in [0.4, 0.5) is 21.0 Å². The second-order valence-corrected chi connectivity index (χ2v) is 14.3. The summed E-state index contributed by atoms with van der Waals surface area (Å²) < 4.78 is 34.7. The third-order valence-electron chi connectivity index (χ3n) is 7.99. The third kappa shape index (κ3) is 9.82. The maximum atomic E-state index is 13.6. The number of benzene rings is 3. The number of amides is 2. The molecule has 2 aliphatic rings. The number of fused-ring (bicyclic) bond motifs is 1. The second-order valence-electron chi connectivity index (χ2n) is 11.5. The van der Waals surface area contributed by atoms with Crippen LogP contribution in [0.2, 0.25) is 0 Å². The van der Waals surface area contributed by atoms with Crippen LogP contribution in [0.15, 0.2) is 89.5 Å². The summed E-state index contributed by atoms with van der Waals surface area (Å²) in [6.07, 6.45) is -2.96. The van der Waals surface area contributed by atoms with Crippen LogP contribution in [0.25, 0.3) is 0 Å². The molecular formula is C34H32N4O13S2. The molecule has 19 heteroatoms. The van der Waals surface area contributed by atoms with Gasteiger partial charge in [-0.2, -0.15) is 0 Å². The van der Waals surface area contributed by atoms with Crippen molar-refractivity contribution in [1.29, 1.82) is 0 Å². The van der Waals surface area contributed by atoms with Gasteiger partial charge < -0.3 is 28.8 Å². The molecule has 278 valence electrons. The minimum atomic E-state index is -1.73. The van der Waals surface area contributed by atoms with Crippen LogP contribution in [0, 0.1) is 26.1 Å². The first-order valence-corrected chi connectivity index (χ1v) is 18.3. The first kappa shape index (κ1) is 38.6. The summed E-state index contributed by atoms with van der Waals surface area (Å²) in [7, 11) is 0. The van der Waals surface area contributed by atoms with Crippen molar-refractivity contribution in [2.45, 2.75) is 38.2 Å². The highest BCUT2D eigenvalue weighted by Crippen LogP contribution is 2.45. The number of thioether (sulfide) groups is 1. The predicted molar refractivity (Wildman–Crippen MR) is 188 cm³/mol. The number of carbonyl (C=O) groups excluding carboxylic acids is 4. The Hall–Kier alpha value is -5.66. The molecule has 2 amide bonds. The molecule has 0 saturated carbocycles. The monoisotopic (exact) mass is 768 g/mol. The Kier molecular flexibility index (Phi) is 12.9. The number of rotatable bonds is 15. The summed E-state index contributed by atoms with van der Waals surface area (Å²) in [5, 5.41) is 23.2. The highest BCUT2D eigenvalue weighted by Gasteiger charge is 2.63. The van der Waals surface area contributed by atoms with Crippen LogP contribution < -0.4 is 5.32 Å². The Morgan fingerprint density at radius 1 is 0.868 bits per heavy atom. The SMILES string of the molecule is CC(OC(=O)OCc1ccc([N+](=O)[O-])cc1)[C@H]1C(=O)N2C(C(=O)OCc3ccccc3)=C(SCCNC(=O)OCc3ccc([N+](=O)[O-])cc3)C[S+]([O-])[C@H]12. The zero-order valence-electron chi connectivity index (χ0n) is 27.9. The van der Waals surface area contributed by atoms with Gasteiger partial charge in [0.2, 0.25) is 11.3 Å². The first-order valence-electron chi connectivity index (χ1n) is 15.9. The van der Waals surface area contributed by atoms with E-state index in [1.165, 1.54) is 55.5 Å². The number of nitrogens with one attached hydrogen (secondary N) is 1. The topological polar surface area (TPSA) is 230 Å². The normalized spacial score (nSPS) is 18.2. The van der Waals surface area contributed by atoms with E-state index in [-0.39, 0.29) is 54.9 Å². The molecule has 0 radical (unpaired) electrons. The fourth-order valence-corrected chi connectivity index (χ4v) is 8.45. The number of ether oxygens (including phenoxy) is 4. The number of carbonyl (C=O) groups is 4. The average Bonchev–Trinajstić information content (AvgIpc) is 3.14. The Labute approximate surface area is 309 Å². The molecule has 2 unspecified atom stereocenters. The van der Waals surface area contributed by atoms with Gasteiger partial charge in [-0.05, 0) is 59.1 Å². The van der Waals surface area contributed by atoms with Crippen LogP contribution in [0.1, 0.15) is 23.6 Å². The van der Waals surface area contributed by atoms with E-state index in [0.29, 0.717) is 21.6 Å². The number of alkyl carbamates (subject to hydrolysis) is 1. The number of hydrogen-bond donors (Lipinski definition) is 1. The van der Waals surface area contributed by atoms with Gasteiger partial charge in [-0.1, -0.05) is 30.3 Å². The molecular weight excluding hydrogens is 737 g/mol. The van der Waals surface area contributed by atoms with Crippen LogP contribution >= 0.6 is 11.8 Å². The molecule has 1 N–H and O–H groups in total. The van der Waals surface area contributed by atoms with Gasteiger partial charge in [0.1, 0.15) is 43.3 Å². The Morgan fingerprint density at radius 2 is 1.42 bits per heavy atom. The molecule has 1 fully saturated rings. The molecule has 1 saturated heterocycles. The van der Waals surface area contributed by atoms with Crippen molar-refractivity contribution < 1.29 is 52.5 Å². The summed E-state index contributed by atoms with van der Waals surface area (Å²) in [6.45, 7) is 1.04. The Morgan fingerprint density at radius 3 is 2.00 bits per heavy atom. The maximum Gasteiger partial charge on any atom is 0.508 e. The van der Waals surface area contributed by atoms with Crippen molar-refractivity contribution in [3.8, 4) is 0 Å². The molecule has 17 nitrogen and oxygen atoms in total. The van der Waals surface area contributed by atoms with Crippen molar-refractivity contribution in [3.05, 3.63) is 126 Å². The van der Waals surface area contributed by atoms with E-state index in [0.717, 1.165) is 16.7 Å². The highest BCUT2D eigenvalue weighted by molar-refractivity contribution is 8.04. The molecule has 3 aromatic rings. The van der Waals surface area contributed by atoms with Crippen molar-refractivity contribution in [2.75, 3.05) is 18.1 Å². The number of hydrogen-bond acceptors (Lipinski definition) is 14. The molecule has 0 bridgehead atoms. The summed E-state index contributed by atoms with van der Waals surface area (Å²) in [5.74, 6) is -2.41. The van der Waals surface area contributed by atoms with Crippen molar-refractivity contribution in [2.24, 2.45) is 5.92 Å². The van der Waals surface area contributed by atoms with Gasteiger partial charge in [0.15, 0.2) is 0 Å². The quantitative estimate of drug-likeness (QED) is 0.0420. The number of nitro benzene ring substituents is 2. The lowest BCUT2D eigenvalue weighted by molar-refractivity contribution is -0.385. The lowest BCUT2D eigenvalue weighted by Gasteiger charge is -2.50. The predicted octanol–water partition coefficient (Wildman–Crippen LogP) is 4.71. The Bertz CT molecular complexity index is 1880. The molecule has 3 aromatic carbocycles. The standard InChI is InChI=1S/C34H32N4O13S2/c1-21(51-34(42)50-19-24-9-13-26(14-10-24)38(45)46)28-30(39)36-29(32(40)48-17-22-5-3-2-4-6-22)27(20-53(47)31(28)36)52-16-15-35-33(41)49-18-23-7-11-25(12-8-23)37(43)44/h2-14,21,28,31H,15-20H2,1H3,(H,35,41)/t21?,28-,31+,53?/m0/s1. The Balaban J connectivity index is 1.19. The molecule has 5 rings (SSSR count). The van der Waals surface area contributed by atoms with Gasteiger partial charge in [0.05, 0.1) is 14.8 Å². The molecule has 4 atom stereocenters. The third-order valence-corrected chi connectivity index (χ3v) is 10.9. The second kappa shape index (κ2) is 17.7. The van der Waals surface area contributed by atoms with Crippen LogP contribution in [-0.4, -0.2) is 73.0 Å². The van der Waals surface area contributed by atoms with Crippen LogP contribution in [-0.2, 0) is 59.5 Å². The van der Waals surface area contributed by atoms with Gasteiger partial charge in [-0.15, -0.1) is 11.8 Å². The van der Waals surface area contributed by atoms with Gasteiger partial charge in [-0.25, -0.2) is 14.4 Å². The summed E-state index contributed by atoms with van der Waals surface area (Å²) >= 11 is -0.623. The number of nitrogens with zero attached hydrogens (tertiary/aromatic N) is 3. The van der Waals surface area contributed by atoms with E-state index in [9.17, 15) is 44.0 Å². The van der Waals surface area contributed by atoms with Crippen molar-refractivity contribution in [1.82, 2.24) is 10.2 Å². The van der Waals surface area contributed by atoms with Crippen LogP contribution in [0.5, 0.6) is 0 Å². The van der Waals surface area contributed by atoms with E-state index in [1.54, 1.807) is 30.3 Å².